The lowest BCUT2D eigenvalue weighted by Crippen LogP contribution is -2.13. The number of primary amides is 1. The molecule has 102 valence electrons. The first kappa shape index (κ1) is 13.5. The fraction of sp³-hybridized carbons (Fsp3) is 0.0714. The molecule has 20 heavy (non-hydrogen) atoms. The number of benzene rings is 1. The van der Waals surface area contributed by atoms with E-state index in [-0.39, 0.29) is 11.3 Å². The molecule has 0 spiro atoms. The summed E-state index contributed by atoms with van der Waals surface area (Å²) in [6.45, 7) is 1.73. The summed E-state index contributed by atoms with van der Waals surface area (Å²) >= 11 is 0. The highest BCUT2D eigenvalue weighted by Gasteiger charge is 2.08. The molecule has 0 aliphatic carbocycles. The zero-order chi connectivity index (χ0) is 14.7. The lowest BCUT2D eigenvalue weighted by Gasteiger charge is -2.09. The average Bonchev–Trinajstić information content (AvgIpc) is 2.41. The van der Waals surface area contributed by atoms with Crippen molar-refractivity contribution in [3.63, 3.8) is 0 Å². The van der Waals surface area contributed by atoms with Gasteiger partial charge in [-0.05, 0) is 36.8 Å². The van der Waals surface area contributed by atoms with E-state index in [1.54, 1.807) is 25.1 Å². The third-order valence-corrected chi connectivity index (χ3v) is 2.77. The molecule has 0 fully saturated rings. The number of aromatic nitrogens is 1. The molecule has 6 heteroatoms. The SMILES string of the molecule is Cc1ccc(Nc2ccnc(C(N)=O)c2)cc1C(=O)O. The van der Waals surface area contributed by atoms with Crippen LogP contribution in [0.2, 0.25) is 0 Å². The highest BCUT2D eigenvalue weighted by atomic mass is 16.4. The highest BCUT2D eigenvalue weighted by Crippen LogP contribution is 2.20. The molecule has 0 aliphatic rings. The van der Waals surface area contributed by atoms with Crippen molar-refractivity contribution in [1.82, 2.24) is 4.98 Å². The summed E-state index contributed by atoms with van der Waals surface area (Å²) in [5, 5.41) is 12.1. The molecule has 1 heterocycles. The van der Waals surface area contributed by atoms with E-state index in [0.717, 1.165) is 0 Å². The maximum Gasteiger partial charge on any atom is 0.336 e. The number of aryl methyl sites for hydroxylation is 1. The van der Waals surface area contributed by atoms with Gasteiger partial charge >= 0.3 is 5.97 Å². The van der Waals surface area contributed by atoms with Crippen LogP contribution >= 0.6 is 0 Å². The topological polar surface area (TPSA) is 105 Å². The number of amides is 1. The predicted octanol–water partition coefficient (Wildman–Crippen LogP) is 1.93. The molecule has 6 nitrogen and oxygen atoms in total. The van der Waals surface area contributed by atoms with Gasteiger partial charge in [-0.3, -0.25) is 9.78 Å². The van der Waals surface area contributed by atoms with E-state index in [1.807, 2.05) is 0 Å². The van der Waals surface area contributed by atoms with Gasteiger partial charge in [0.05, 0.1) is 5.56 Å². The van der Waals surface area contributed by atoms with Crippen molar-refractivity contribution >= 4 is 23.3 Å². The number of hydrogen-bond donors (Lipinski definition) is 3. The van der Waals surface area contributed by atoms with Crippen molar-refractivity contribution in [3.05, 3.63) is 53.3 Å². The number of carbonyl (C=O) groups is 2. The first-order valence-corrected chi connectivity index (χ1v) is 5.84. The van der Waals surface area contributed by atoms with E-state index in [4.69, 9.17) is 10.8 Å². The molecule has 1 aromatic carbocycles. The standard InChI is InChI=1S/C14H13N3O3/c1-8-2-3-9(6-11(8)14(19)20)17-10-4-5-16-12(7-10)13(15)18/h2-7H,1H3,(H2,15,18)(H,16,17)(H,19,20). The fourth-order valence-electron chi connectivity index (χ4n) is 1.74. The monoisotopic (exact) mass is 271 g/mol. The van der Waals surface area contributed by atoms with Gasteiger partial charge in [0.2, 0.25) is 0 Å². The van der Waals surface area contributed by atoms with Crippen LogP contribution < -0.4 is 11.1 Å². The van der Waals surface area contributed by atoms with Crippen LogP contribution in [0.3, 0.4) is 0 Å². The Hall–Kier alpha value is -2.89. The molecule has 4 N–H and O–H groups in total. The Kier molecular flexibility index (Phi) is 3.65. The number of rotatable bonds is 4. The number of anilines is 2. The van der Waals surface area contributed by atoms with Gasteiger partial charge in [-0.25, -0.2) is 4.79 Å². The fourth-order valence-corrected chi connectivity index (χ4v) is 1.74. The summed E-state index contributed by atoms with van der Waals surface area (Å²) in [6.07, 6.45) is 1.45. The van der Waals surface area contributed by atoms with Crippen LogP contribution in [0.1, 0.15) is 26.4 Å². The van der Waals surface area contributed by atoms with Crippen molar-refractivity contribution < 1.29 is 14.7 Å². The Morgan fingerprint density at radius 3 is 2.55 bits per heavy atom. The van der Waals surface area contributed by atoms with Crippen molar-refractivity contribution in [1.29, 1.82) is 0 Å². The van der Waals surface area contributed by atoms with E-state index in [1.165, 1.54) is 18.3 Å². The van der Waals surface area contributed by atoms with Gasteiger partial charge in [0.15, 0.2) is 0 Å². The van der Waals surface area contributed by atoms with Gasteiger partial charge in [-0.1, -0.05) is 6.07 Å². The van der Waals surface area contributed by atoms with Gasteiger partial charge in [0.1, 0.15) is 5.69 Å². The van der Waals surface area contributed by atoms with E-state index in [0.29, 0.717) is 16.9 Å². The van der Waals surface area contributed by atoms with E-state index in [9.17, 15) is 9.59 Å². The van der Waals surface area contributed by atoms with Gasteiger partial charge in [0.25, 0.3) is 5.91 Å². The van der Waals surface area contributed by atoms with Gasteiger partial charge in [-0.2, -0.15) is 0 Å². The minimum Gasteiger partial charge on any atom is -0.478 e. The Bertz CT molecular complexity index is 683. The number of carboxylic acids is 1. The van der Waals surface area contributed by atoms with Crippen molar-refractivity contribution in [2.45, 2.75) is 6.92 Å². The highest BCUT2D eigenvalue weighted by molar-refractivity contribution is 5.92. The molecule has 0 bridgehead atoms. The molecule has 2 rings (SSSR count). The Morgan fingerprint density at radius 2 is 1.90 bits per heavy atom. The first-order chi connectivity index (χ1) is 9.47. The number of carbonyl (C=O) groups excluding carboxylic acids is 1. The van der Waals surface area contributed by atoms with Crippen LogP contribution in [0, 0.1) is 6.92 Å². The number of aromatic carboxylic acids is 1. The molecular weight excluding hydrogens is 258 g/mol. The molecule has 0 aliphatic heterocycles. The number of nitrogens with two attached hydrogens (primary N) is 1. The summed E-state index contributed by atoms with van der Waals surface area (Å²) in [6, 6.07) is 8.16. The summed E-state index contributed by atoms with van der Waals surface area (Å²) in [4.78, 5) is 26.0. The van der Waals surface area contributed by atoms with Crippen LogP contribution in [-0.4, -0.2) is 22.0 Å². The minimum atomic E-state index is -0.987. The quantitative estimate of drug-likeness (QED) is 0.788. The average molecular weight is 271 g/mol. The Labute approximate surface area is 115 Å². The molecule has 0 radical (unpaired) electrons. The summed E-state index contributed by atoms with van der Waals surface area (Å²) < 4.78 is 0. The minimum absolute atomic E-state index is 0.139. The van der Waals surface area contributed by atoms with Crippen LogP contribution in [0.15, 0.2) is 36.5 Å². The van der Waals surface area contributed by atoms with Gasteiger partial charge in [-0.15, -0.1) is 0 Å². The maximum atomic E-state index is 11.1. The summed E-state index contributed by atoms with van der Waals surface area (Å²) in [5.74, 6) is -1.61. The number of nitrogens with zero attached hydrogens (tertiary/aromatic N) is 1. The Morgan fingerprint density at radius 1 is 1.20 bits per heavy atom. The Balaban J connectivity index is 2.30. The molecule has 1 aromatic heterocycles. The largest absolute Gasteiger partial charge is 0.478 e. The zero-order valence-corrected chi connectivity index (χ0v) is 10.8. The van der Waals surface area contributed by atoms with Crippen LogP contribution in [-0.2, 0) is 0 Å². The smallest absolute Gasteiger partial charge is 0.336 e. The first-order valence-electron chi connectivity index (χ1n) is 5.84. The number of hydrogen-bond acceptors (Lipinski definition) is 4. The second-order valence-electron chi connectivity index (χ2n) is 4.25. The van der Waals surface area contributed by atoms with Crippen molar-refractivity contribution in [3.8, 4) is 0 Å². The molecule has 0 unspecified atom stereocenters. The van der Waals surface area contributed by atoms with E-state index >= 15 is 0 Å². The normalized spacial score (nSPS) is 10.1. The molecule has 0 saturated carbocycles. The molecular formula is C14H13N3O3. The molecule has 0 atom stereocenters. The zero-order valence-electron chi connectivity index (χ0n) is 10.8. The maximum absolute atomic E-state index is 11.1. The third-order valence-electron chi connectivity index (χ3n) is 2.77. The molecule has 0 saturated heterocycles. The van der Waals surface area contributed by atoms with Gasteiger partial charge < -0.3 is 16.2 Å². The summed E-state index contributed by atoms with van der Waals surface area (Å²) in [5.41, 5.74) is 7.40. The predicted molar refractivity (Wildman–Crippen MR) is 74.2 cm³/mol. The van der Waals surface area contributed by atoms with Crippen LogP contribution in [0.5, 0.6) is 0 Å². The van der Waals surface area contributed by atoms with Gasteiger partial charge in [0, 0.05) is 17.6 Å². The van der Waals surface area contributed by atoms with Crippen LogP contribution in [0.4, 0.5) is 11.4 Å². The number of pyridine rings is 1. The third kappa shape index (κ3) is 2.92. The molecule has 2 aromatic rings. The lowest BCUT2D eigenvalue weighted by molar-refractivity contribution is 0.0696. The van der Waals surface area contributed by atoms with Crippen molar-refractivity contribution in [2.24, 2.45) is 5.73 Å². The van der Waals surface area contributed by atoms with E-state index < -0.39 is 11.9 Å². The number of nitrogens with one attached hydrogen (secondary N) is 1. The summed E-state index contributed by atoms with van der Waals surface area (Å²) in [7, 11) is 0. The second kappa shape index (κ2) is 5.40. The van der Waals surface area contributed by atoms with Crippen LogP contribution in [0.25, 0.3) is 0 Å². The second-order valence-corrected chi connectivity index (χ2v) is 4.25. The van der Waals surface area contributed by atoms with E-state index in [2.05, 4.69) is 10.3 Å². The number of carboxylic acid groups (broad SMARTS) is 1. The lowest BCUT2D eigenvalue weighted by atomic mass is 10.1. The van der Waals surface area contributed by atoms with Crippen molar-refractivity contribution in [2.75, 3.05) is 5.32 Å². The molecule has 1 amide bonds.